The van der Waals surface area contributed by atoms with Crippen molar-refractivity contribution in [1.82, 2.24) is 0 Å². The van der Waals surface area contributed by atoms with Gasteiger partial charge < -0.3 is 14.2 Å². The van der Waals surface area contributed by atoms with Gasteiger partial charge in [-0.15, -0.1) is 0 Å². The Hall–Kier alpha value is -2.49. The number of carbonyl (C=O) groups is 1. The molecule has 0 aliphatic heterocycles. The van der Waals surface area contributed by atoms with E-state index < -0.39 is 0 Å². The van der Waals surface area contributed by atoms with Gasteiger partial charge in [0, 0.05) is 16.3 Å². The van der Waals surface area contributed by atoms with Crippen molar-refractivity contribution in [2.75, 3.05) is 13.7 Å². The average molecular weight is 385 g/mol. The van der Waals surface area contributed by atoms with Gasteiger partial charge in [0.05, 0.1) is 7.11 Å². The summed E-state index contributed by atoms with van der Waals surface area (Å²) >= 11 is 0. The second-order valence-corrected chi connectivity index (χ2v) is 7.24. The lowest BCUT2D eigenvalue weighted by Gasteiger charge is -2.21. The van der Waals surface area contributed by atoms with Crippen molar-refractivity contribution in [3.63, 3.8) is 0 Å². The highest BCUT2D eigenvalue weighted by Gasteiger charge is 2.18. The molecule has 4 nitrogen and oxygen atoms in total. The molecule has 2 aromatic carbocycles. The second kappa shape index (κ2) is 10.7. The summed E-state index contributed by atoms with van der Waals surface area (Å²) < 4.78 is 17.3. The molecule has 1 atom stereocenters. The molecule has 0 fully saturated rings. The Morgan fingerprint density at radius 1 is 1.14 bits per heavy atom. The Bertz CT molecular complexity index is 810. The summed E-state index contributed by atoms with van der Waals surface area (Å²) in [6.07, 6.45) is 4.98. The Morgan fingerprint density at radius 2 is 1.86 bits per heavy atom. The van der Waals surface area contributed by atoms with Crippen LogP contribution in [-0.4, -0.2) is 25.8 Å². The van der Waals surface area contributed by atoms with Crippen LogP contribution < -0.4 is 9.47 Å². The van der Waals surface area contributed by atoms with Gasteiger partial charge in [0.2, 0.25) is 0 Å². The van der Waals surface area contributed by atoms with Crippen LogP contribution in [0.1, 0.15) is 51.5 Å². The van der Waals surface area contributed by atoms with Crippen molar-refractivity contribution in [1.29, 1.82) is 0 Å². The Balaban J connectivity index is 2.17. The first-order chi connectivity index (χ1) is 13.5. The first-order valence-corrected chi connectivity index (χ1v) is 10.0. The van der Waals surface area contributed by atoms with E-state index in [4.69, 9.17) is 14.2 Å². The summed E-state index contributed by atoms with van der Waals surface area (Å²) in [5.74, 6) is 1.27. The zero-order valence-corrected chi connectivity index (χ0v) is 17.5. The average Bonchev–Trinajstić information content (AvgIpc) is 2.69. The second-order valence-electron chi connectivity index (χ2n) is 7.24. The fourth-order valence-electron chi connectivity index (χ4n) is 3.21. The van der Waals surface area contributed by atoms with Crippen molar-refractivity contribution in [3.05, 3.63) is 48.0 Å². The summed E-state index contributed by atoms with van der Waals surface area (Å²) in [5.41, 5.74) is 1.40. The van der Waals surface area contributed by atoms with Crippen LogP contribution in [-0.2, 0) is 9.53 Å². The van der Waals surface area contributed by atoms with Crippen molar-refractivity contribution in [2.45, 2.75) is 59.0 Å². The van der Waals surface area contributed by atoms with Crippen molar-refractivity contribution in [3.8, 4) is 11.5 Å². The van der Waals surface area contributed by atoms with Crippen LogP contribution >= 0.6 is 0 Å². The molecule has 0 amide bonds. The number of aryl methyl sites for hydroxylation is 1. The number of methoxy groups -OCH3 is 1. The molecule has 0 bridgehead atoms. The van der Waals surface area contributed by atoms with Gasteiger partial charge in [0.15, 0.2) is 0 Å². The van der Waals surface area contributed by atoms with E-state index in [2.05, 4.69) is 13.5 Å². The highest BCUT2D eigenvalue weighted by Crippen LogP contribution is 2.36. The minimum atomic E-state index is -0.361. The van der Waals surface area contributed by atoms with E-state index in [1.807, 2.05) is 37.3 Å². The smallest absolute Gasteiger partial charge is 0.333 e. The van der Waals surface area contributed by atoms with E-state index in [9.17, 15) is 4.79 Å². The molecule has 4 heteroatoms. The molecular formula is C24H32O4. The number of rotatable bonds is 11. The van der Waals surface area contributed by atoms with Gasteiger partial charge in [0.25, 0.3) is 0 Å². The van der Waals surface area contributed by atoms with Crippen molar-refractivity contribution >= 4 is 16.7 Å². The summed E-state index contributed by atoms with van der Waals surface area (Å²) in [6, 6.07) is 9.99. The molecule has 0 aliphatic rings. The van der Waals surface area contributed by atoms with Crippen LogP contribution in [0.25, 0.3) is 10.8 Å². The summed E-state index contributed by atoms with van der Waals surface area (Å²) in [7, 11) is 1.67. The number of hydrogen-bond acceptors (Lipinski definition) is 4. The monoisotopic (exact) mass is 384 g/mol. The molecule has 0 spiro atoms. The standard InChI is InChI=1S/C24H32O4/c1-6-7-8-9-12-19(28-24(25)17(2)3)16-27-23-18(4)15-22(26-5)20-13-10-11-14-21(20)23/h10-11,13-15,19H,2,6-9,12,16H2,1,3-5H3. The lowest BCUT2D eigenvalue weighted by atomic mass is 10.0. The first-order valence-electron chi connectivity index (χ1n) is 10.0. The quantitative estimate of drug-likeness (QED) is 0.271. The summed E-state index contributed by atoms with van der Waals surface area (Å²) in [6.45, 7) is 9.85. The maximum atomic E-state index is 12.0. The van der Waals surface area contributed by atoms with Gasteiger partial charge >= 0.3 is 5.97 Å². The van der Waals surface area contributed by atoms with Crippen LogP contribution in [0.4, 0.5) is 0 Å². The van der Waals surface area contributed by atoms with E-state index in [1.54, 1.807) is 14.0 Å². The zero-order chi connectivity index (χ0) is 20.5. The molecule has 2 aromatic rings. The molecular weight excluding hydrogens is 352 g/mol. The maximum absolute atomic E-state index is 12.0. The molecule has 2 rings (SSSR count). The fourth-order valence-corrected chi connectivity index (χ4v) is 3.21. The van der Waals surface area contributed by atoms with E-state index in [0.29, 0.717) is 12.2 Å². The fraction of sp³-hybridized carbons (Fsp3) is 0.458. The van der Waals surface area contributed by atoms with E-state index in [0.717, 1.165) is 47.1 Å². The number of unbranched alkanes of at least 4 members (excludes halogenated alkanes) is 3. The van der Waals surface area contributed by atoms with Crippen LogP contribution in [0.3, 0.4) is 0 Å². The minimum Gasteiger partial charge on any atom is -0.496 e. The highest BCUT2D eigenvalue weighted by atomic mass is 16.6. The molecule has 152 valence electrons. The molecule has 0 aliphatic carbocycles. The summed E-state index contributed by atoms with van der Waals surface area (Å²) in [5, 5.41) is 2.00. The largest absolute Gasteiger partial charge is 0.496 e. The Morgan fingerprint density at radius 3 is 2.50 bits per heavy atom. The van der Waals surface area contributed by atoms with Gasteiger partial charge in [-0.1, -0.05) is 57.0 Å². The van der Waals surface area contributed by atoms with Crippen molar-refractivity contribution < 1.29 is 19.0 Å². The van der Waals surface area contributed by atoms with Gasteiger partial charge in [-0.3, -0.25) is 0 Å². The zero-order valence-electron chi connectivity index (χ0n) is 17.5. The third-order valence-electron chi connectivity index (χ3n) is 4.78. The molecule has 28 heavy (non-hydrogen) atoms. The predicted octanol–water partition coefficient (Wildman–Crippen LogP) is 5.99. The lowest BCUT2D eigenvalue weighted by molar-refractivity contribution is -0.146. The highest BCUT2D eigenvalue weighted by molar-refractivity contribution is 5.94. The molecule has 0 aromatic heterocycles. The molecule has 0 radical (unpaired) electrons. The first kappa shape index (κ1) is 21.8. The Labute approximate surface area is 168 Å². The van der Waals surface area contributed by atoms with Gasteiger partial charge in [-0.05, 0) is 38.3 Å². The molecule has 1 unspecified atom stereocenters. The lowest BCUT2D eigenvalue weighted by Crippen LogP contribution is -2.25. The number of hydrogen-bond donors (Lipinski definition) is 0. The molecule has 0 saturated carbocycles. The molecule has 0 saturated heterocycles. The Kier molecular flexibility index (Phi) is 8.37. The van der Waals surface area contributed by atoms with Gasteiger partial charge in [0.1, 0.15) is 24.2 Å². The summed E-state index contributed by atoms with van der Waals surface area (Å²) in [4.78, 5) is 12.0. The van der Waals surface area contributed by atoms with E-state index in [-0.39, 0.29) is 12.1 Å². The van der Waals surface area contributed by atoms with Gasteiger partial charge in [-0.25, -0.2) is 4.79 Å². The third kappa shape index (κ3) is 5.75. The minimum absolute atomic E-state index is 0.290. The number of carbonyl (C=O) groups excluding carboxylic acids is 1. The van der Waals surface area contributed by atoms with Crippen LogP contribution in [0.15, 0.2) is 42.5 Å². The van der Waals surface area contributed by atoms with Crippen LogP contribution in [0.5, 0.6) is 11.5 Å². The normalized spacial score (nSPS) is 11.9. The van der Waals surface area contributed by atoms with Crippen LogP contribution in [0.2, 0.25) is 0 Å². The van der Waals surface area contributed by atoms with Crippen molar-refractivity contribution in [2.24, 2.45) is 0 Å². The predicted molar refractivity (Wildman–Crippen MR) is 114 cm³/mol. The molecule has 0 N–H and O–H groups in total. The topological polar surface area (TPSA) is 44.8 Å². The number of ether oxygens (including phenoxy) is 3. The van der Waals surface area contributed by atoms with E-state index >= 15 is 0 Å². The molecule has 0 heterocycles. The number of fused-ring (bicyclic) bond motifs is 1. The number of benzene rings is 2. The van der Waals surface area contributed by atoms with Crippen LogP contribution in [0, 0.1) is 6.92 Å². The SMILES string of the molecule is C=C(C)C(=O)OC(CCCCCC)COc1c(C)cc(OC)c2ccccc12. The van der Waals surface area contributed by atoms with Gasteiger partial charge in [-0.2, -0.15) is 0 Å². The maximum Gasteiger partial charge on any atom is 0.333 e. The number of esters is 1. The third-order valence-corrected chi connectivity index (χ3v) is 4.78. The van der Waals surface area contributed by atoms with E-state index in [1.165, 1.54) is 12.8 Å².